The third-order valence-electron chi connectivity index (χ3n) is 2.38. The molecule has 0 fully saturated rings. The third kappa shape index (κ3) is 7.34. The van der Waals surface area contributed by atoms with Gasteiger partial charge >= 0.3 is 6.09 Å². The lowest BCUT2D eigenvalue weighted by molar-refractivity contribution is -0.114. The Morgan fingerprint density at radius 2 is 1.91 bits per heavy atom. The summed E-state index contributed by atoms with van der Waals surface area (Å²) < 4.78 is 5.12. The first-order chi connectivity index (χ1) is 10.3. The number of hydrogen-bond donors (Lipinski definition) is 2. The fourth-order valence-corrected chi connectivity index (χ4v) is 1.59. The van der Waals surface area contributed by atoms with E-state index in [4.69, 9.17) is 4.74 Å². The van der Waals surface area contributed by atoms with Crippen LogP contribution in [0.25, 0.3) is 0 Å². The second kappa shape index (κ2) is 8.08. The molecule has 0 heterocycles. The van der Waals surface area contributed by atoms with Gasteiger partial charge in [0.1, 0.15) is 5.60 Å². The summed E-state index contributed by atoms with van der Waals surface area (Å²) in [6.45, 7) is 7.29. The first-order valence-electron chi connectivity index (χ1n) is 7.10. The minimum atomic E-state index is -0.507. The molecule has 0 bridgehead atoms. The van der Waals surface area contributed by atoms with Crippen LogP contribution in [0.4, 0.5) is 10.5 Å². The van der Waals surface area contributed by atoms with E-state index in [9.17, 15) is 9.59 Å². The third-order valence-corrected chi connectivity index (χ3v) is 2.38. The van der Waals surface area contributed by atoms with Crippen molar-refractivity contribution in [1.82, 2.24) is 5.32 Å². The molecule has 0 aliphatic rings. The summed E-state index contributed by atoms with van der Waals surface area (Å²) >= 11 is 0. The van der Waals surface area contributed by atoms with Crippen molar-refractivity contribution in [3.63, 3.8) is 0 Å². The Hall–Kier alpha value is -2.48. The number of carbonyl (C=O) groups is 2. The zero-order chi connectivity index (χ0) is 16.6. The number of amides is 2. The second-order valence-electron chi connectivity index (χ2n) is 5.71. The van der Waals surface area contributed by atoms with E-state index in [0.29, 0.717) is 18.7 Å². The first-order valence-corrected chi connectivity index (χ1v) is 7.10. The molecule has 0 unspecified atom stereocenters. The molecule has 0 radical (unpaired) electrons. The summed E-state index contributed by atoms with van der Waals surface area (Å²) in [6.07, 6.45) is 0.0427. The number of benzene rings is 1. The minimum Gasteiger partial charge on any atom is -0.444 e. The van der Waals surface area contributed by atoms with Gasteiger partial charge in [0.05, 0.1) is 5.69 Å². The Morgan fingerprint density at radius 1 is 1.23 bits per heavy atom. The van der Waals surface area contributed by atoms with E-state index < -0.39 is 11.7 Å². The van der Waals surface area contributed by atoms with Gasteiger partial charge in [0.15, 0.2) is 0 Å². The van der Waals surface area contributed by atoms with Crippen LogP contribution in [0.1, 0.15) is 39.7 Å². The highest BCUT2D eigenvalue weighted by Crippen LogP contribution is 2.13. The van der Waals surface area contributed by atoms with Crippen LogP contribution in [0.3, 0.4) is 0 Å². The van der Waals surface area contributed by atoms with Gasteiger partial charge in [0.2, 0.25) is 5.91 Å². The Morgan fingerprint density at radius 3 is 2.55 bits per heavy atom. The number of carbonyl (C=O) groups excluding carboxylic acids is 2. The van der Waals surface area contributed by atoms with Gasteiger partial charge in [-0.05, 0) is 32.9 Å². The van der Waals surface area contributed by atoms with Crippen molar-refractivity contribution >= 4 is 17.7 Å². The van der Waals surface area contributed by atoms with E-state index >= 15 is 0 Å². The highest BCUT2D eigenvalue weighted by atomic mass is 16.6. The SMILES string of the molecule is CC(=O)Nc1ccccc1C#CCCNC(=O)OC(C)(C)C. The van der Waals surface area contributed by atoms with Gasteiger partial charge in [-0.3, -0.25) is 4.79 Å². The highest BCUT2D eigenvalue weighted by Gasteiger charge is 2.15. The average Bonchev–Trinajstić information content (AvgIpc) is 2.37. The lowest BCUT2D eigenvalue weighted by Crippen LogP contribution is -2.32. The maximum Gasteiger partial charge on any atom is 0.407 e. The first kappa shape index (κ1) is 17.6. The molecule has 0 aliphatic heterocycles. The summed E-state index contributed by atoms with van der Waals surface area (Å²) in [7, 11) is 0. The van der Waals surface area contributed by atoms with Crippen molar-refractivity contribution in [3.05, 3.63) is 29.8 Å². The van der Waals surface area contributed by atoms with Gasteiger partial charge in [-0.1, -0.05) is 24.0 Å². The van der Waals surface area contributed by atoms with Gasteiger partial charge in [-0.15, -0.1) is 0 Å². The molecular weight excluding hydrogens is 280 g/mol. The van der Waals surface area contributed by atoms with Crippen LogP contribution in [0.5, 0.6) is 0 Å². The van der Waals surface area contributed by atoms with Crippen molar-refractivity contribution in [3.8, 4) is 11.8 Å². The molecule has 22 heavy (non-hydrogen) atoms. The topological polar surface area (TPSA) is 67.4 Å². The molecule has 0 aliphatic carbocycles. The zero-order valence-electron chi connectivity index (χ0n) is 13.4. The molecule has 1 aromatic carbocycles. The minimum absolute atomic E-state index is 0.138. The number of nitrogens with one attached hydrogen (secondary N) is 2. The summed E-state index contributed by atoms with van der Waals surface area (Å²) in [5.74, 6) is 5.81. The molecule has 0 aromatic heterocycles. The van der Waals surface area contributed by atoms with Crippen LogP contribution in [0.15, 0.2) is 24.3 Å². The van der Waals surface area contributed by atoms with Crippen LogP contribution in [-0.2, 0) is 9.53 Å². The lowest BCUT2D eigenvalue weighted by atomic mass is 10.1. The Bertz CT molecular complexity index is 592. The van der Waals surface area contributed by atoms with Crippen LogP contribution in [-0.4, -0.2) is 24.1 Å². The largest absolute Gasteiger partial charge is 0.444 e. The molecule has 2 amide bonds. The molecule has 1 aromatic rings. The smallest absolute Gasteiger partial charge is 0.407 e. The Balaban J connectivity index is 2.48. The van der Waals surface area contributed by atoms with Gasteiger partial charge in [-0.2, -0.15) is 0 Å². The summed E-state index contributed by atoms with van der Waals surface area (Å²) in [4.78, 5) is 22.5. The van der Waals surface area contributed by atoms with E-state index in [2.05, 4.69) is 22.5 Å². The average molecular weight is 302 g/mol. The molecule has 5 nitrogen and oxygen atoms in total. The van der Waals surface area contributed by atoms with Crippen LogP contribution in [0.2, 0.25) is 0 Å². The summed E-state index contributed by atoms with van der Waals surface area (Å²) in [6, 6.07) is 7.32. The predicted octanol–water partition coefficient (Wildman–Crippen LogP) is 2.91. The molecule has 1 rings (SSSR count). The van der Waals surface area contributed by atoms with E-state index in [1.165, 1.54) is 6.92 Å². The number of rotatable bonds is 3. The fourth-order valence-electron chi connectivity index (χ4n) is 1.59. The monoisotopic (exact) mass is 302 g/mol. The van der Waals surface area contributed by atoms with Crippen LogP contribution >= 0.6 is 0 Å². The number of ether oxygens (including phenoxy) is 1. The fraction of sp³-hybridized carbons (Fsp3) is 0.412. The van der Waals surface area contributed by atoms with Crippen LogP contribution in [0, 0.1) is 11.8 Å². The van der Waals surface area contributed by atoms with Crippen molar-refractivity contribution in [2.24, 2.45) is 0 Å². The van der Waals surface area contributed by atoms with E-state index in [-0.39, 0.29) is 5.91 Å². The lowest BCUT2D eigenvalue weighted by Gasteiger charge is -2.19. The van der Waals surface area contributed by atoms with E-state index in [1.807, 2.05) is 39.0 Å². The number of para-hydroxylation sites is 1. The summed E-state index contributed by atoms with van der Waals surface area (Å²) in [5, 5.41) is 5.37. The maximum absolute atomic E-state index is 11.4. The molecule has 2 N–H and O–H groups in total. The molecule has 0 spiro atoms. The van der Waals surface area contributed by atoms with E-state index in [1.54, 1.807) is 6.07 Å². The van der Waals surface area contributed by atoms with Gasteiger partial charge in [0.25, 0.3) is 0 Å². The van der Waals surface area contributed by atoms with Crippen LogP contribution < -0.4 is 10.6 Å². The number of hydrogen-bond acceptors (Lipinski definition) is 3. The standard InChI is InChI=1S/C17H22N2O3/c1-13(20)19-15-11-6-5-9-14(15)10-7-8-12-18-16(21)22-17(2,3)4/h5-6,9,11H,8,12H2,1-4H3,(H,18,21)(H,19,20). The highest BCUT2D eigenvalue weighted by molar-refractivity contribution is 5.90. The molecule has 118 valence electrons. The zero-order valence-corrected chi connectivity index (χ0v) is 13.4. The molecule has 0 saturated heterocycles. The van der Waals surface area contributed by atoms with Gasteiger partial charge < -0.3 is 15.4 Å². The van der Waals surface area contributed by atoms with Crippen molar-refractivity contribution < 1.29 is 14.3 Å². The van der Waals surface area contributed by atoms with E-state index in [0.717, 1.165) is 5.56 Å². The van der Waals surface area contributed by atoms with Gasteiger partial charge in [0, 0.05) is 25.5 Å². The predicted molar refractivity (Wildman–Crippen MR) is 86.5 cm³/mol. The van der Waals surface area contributed by atoms with Crippen molar-refractivity contribution in [1.29, 1.82) is 0 Å². The van der Waals surface area contributed by atoms with Crippen molar-refractivity contribution in [2.45, 2.75) is 39.7 Å². The molecular formula is C17H22N2O3. The summed E-state index contributed by atoms with van der Waals surface area (Å²) in [5.41, 5.74) is 0.921. The maximum atomic E-state index is 11.4. The molecule has 5 heteroatoms. The Labute approximate surface area is 131 Å². The normalized spacial score (nSPS) is 10.2. The number of alkyl carbamates (subject to hydrolysis) is 1. The second-order valence-corrected chi connectivity index (χ2v) is 5.71. The Kier molecular flexibility index (Phi) is 6.46. The van der Waals surface area contributed by atoms with Crippen molar-refractivity contribution in [2.75, 3.05) is 11.9 Å². The number of anilines is 1. The molecule has 0 atom stereocenters. The van der Waals surface area contributed by atoms with Gasteiger partial charge in [-0.25, -0.2) is 4.79 Å². The molecule has 0 saturated carbocycles. The quantitative estimate of drug-likeness (QED) is 0.666.